The lowest BCUT2D eigenvalue weighted by Crippen LogP contribution is -2.36. The van der Waals surface area contributed by atoms with Crippen molar-refractivity contribution in [2.45, 2.75) is 110 Å². The standard InChI is InChI=1S/C27H40O3/c1-19(9-7-10-20(2)12-13-24-26(4,5)29-24)11-8-15-27(6)16-14-22-18-23(28)17-21(3)25(22)30-27/h10-11,17-18,24,28H,7-9,12-16H2,1-6H3/b19-11+,20-10+/t24?,27-/m1/s1. The van der Waals surface area contributed by atoms with E-state index < -0.39 is 0 Å². The first-order valence-corrected chi connectivity index (χ1v) is 11.6. The first-order chi connectivity index (χ1) is 14.1. The van der Waals surface area contributed by atoms with E-state index in [2.05, 4.69) is 46.8 Å². The van der Waals surface area contributed by atoms with Crippen LogP contribution in [0.5, 0.6) is 11.5 Å². The predicted molar refractivity (Wildman–Crippen MR) is 124 cm³/mol. The summed E-state index contributed by atoms with van der Waals surface area (Å²) in [6.07, 6.45) is 13.8. The highest BCUT2D eigenvalue weighted by Crippen LogP contribution is 2.40. The van der Waals surface area contributed by atoms with E-state index in [9.17, 15) is 5.11 Å². The highest BCUT2D eigenvalue weighted by Gasteiger charge is 2.46. The monoisotopic (exact) mass is 412 g/mol. The predicted octanol–water partition coefficient (Wildman–Crippen LogP) is 7.19. The summed E-state index contributed by atoms with van der Waals surface area (Å²) < 4.78 is 12.1. The minimum Gasteiger partial charge on any atom is -0.508 e. The van der Waals surface area contributed by atoms with E-state index in [-0.39, 0.29) is 11.2 Å². The van der Waals surface area contributed by atoms with E-state index in [1.165, 1.54) is 11.1 Å². The Bertz CT molecular complexity index is 818. The van der Waals surface area contributed by atoms with E-state index in [1.807, 2.05) is 13.0 Å². The molecule has 3 rings (SSSR count). The number of allylic oxidation sites excluding steroid dienone is 4. The van der Waals surface area contributed by atoms with Crippen LogP contribution < -0.4 is 4.74 Å². The summed E-state index contributed by atoms with van der Waals surface area (Å²) in [5.74, 6) is 1.31. The third-order valence-electron chi connectivity index (χ3n) is 6.77. The molecule has 30 heavy (non-hydrogen) atoms. The van der Waals surface area contributed by atoms with Crippen LogP contribution in [0.1, 0.15) is 90.7 Å². The first-order valence-electron chi connectivity index (χ1n) is 11.6. The number of phenols is 1. The van der Waals surface area contributed by atoms with Gasteiger partial charge in [-0.15, -0.1) is 0 Å². The Balaban J connectivity index is 1.40. The van der Waals surface area contributed by atoms with Gasteiger partial charge in [-0.3, -0.25) is 0 Å². The minimum atomic E-state index is -0.124. The van der Waals surface area contributed by atoms with Crippen molar-refractivity contribution in [2.75, 3.05) is 0 Å². The molecule has 1 fully saturated rings. The molecule has 0 saturated carbocycles. The van der Waals surface area contributed by atoms with Crippen LogP contribution in [0, 0.1) is 6.92 Å². The quantitative estimate of drug-likeness (QED) is 0.344. The largest absolute Gasteiger partial charge is 0.508 e. The molecule has 0 aromatic heterocycles. The summed E-state index contributed by atoms with van der Waals surface area (Å²) in [5.41, 5.74) is 5.10. The fraction of sp³-hybridized carbons (Fsp3) is 0.630. The zero-order valence-corrected chi connectivity index (χ0v) is 19.8. The number of fused-ring (bicyclic) bond motifs is 1. The van der Waals surface area contributed by atoms with E-state index in [0.717, 1.165) is 68.2 Å². The van der Waals surface area contributed by atoms with Crippen LogP contribution in [0.2, 0.25) is 0 Å². The molecule has 0 spiro atoms. The van der Waals surface area contributed by atoms with Crippen molar-refractivity contribution in [3.63, 3.8) is 0 Å². The van der Waals surface area contributed by atoms with E-state index in [1.54, 1.807) is 6.07 Å². The molecule has 0 amide bonds. The first kappa shape index (κ1) is 22.9. The van der Waals surface area contributed by atoms with Crippen molar-refractivity contribution < 1.29 is 14.6 Å². The molecule has 166 valence electrons. The Hall–Kier alpha value is -1.74. The average molecular weight is 413 g/mol. The number of hydrogen-bond acceptors (Lipinski definition) is 3. The SMILES string of the molecule is C/C(=C\CC[C@]1(C)CCc2cc(O)cc(C)c2O1)CC/C=C(\C)CCC1OC1(C)C. The summed E-state index contributed by atoms with van der Waals surface area (Å²) >= 11 is 0. The molecule has 1 aromatic carbocycles. The fourth-order valence-electron chi connectivity index (χ4n) is 4.50. The Kier molecular flexibility index (Phi) is 7.02. The van der Waals surface area contributed by atoms with Gasteiger partial charge in [0.25, 0.3) is 0 Å². The lowest BCUT2D eigenvalue weighted by molar-refractivity contribution is 0.0561. The third-order valence-corrected chi connectivity index (χ3v) is 6.77. The highest BCUT2D eigenvalue weighted by molar-refractivity contribution is 5.47. The van der Waals surface area contributed by atoms with Crippen LogP contribution in [-0.2, 0) is 11.2 Å². The van der Waals surface area contributed by atoms with Gasteiger partial charge in [-0.05, 0) is 116 Å². The smallest absolute Gasteiger partial charge is 0.126 e. The van der Waals surface area contributed by atoms with Gasteiger partial charge >= 0.3 is 0 Å². The molecule has 3 heteroatoms. The normalized spacial score (nSPS) is 25.6. The topological polar surface area (TPSA) is 42.0 Å². The number of aryl methyl sites for hydroxylation is 2. The van der Waals surface area contributed by atoms with Gasteiger partial charge in [0, 0.05) is 0 Å². The number of rotatable bonds is 9. The van der Waals surface area contributed by atoms with E-state index >= 15 is 0 Å². The molecule has 3 nitrogen and oxygen atoms in total. The van der Waals surface area contributed by atoms with Crippen molar-refractivity contribution in [2.24, 2.45) is 0 Å². The number of hydrogen-bond donors (Lipinski definition) is 1. The lowest BCUT2D eigenvalue weighted by atomic mass is 9.87. The van der Waals surface area contributed by atoms with Crippen LogP contribution in [0.25, 0.3) is 0 Å². The molecule has 2 atom stereocenters. The van der Waals surface area contributed by atoms with Gasteiger partial charge in [0.2, 0.25) is 0 Å². The maximum Gasteiger partial charge on any atom is 0.126 e. The van der Waals surface area contributed by atoms with E-state index in [0.29, 0.717) is 11.9 Å². The van der Waals surface area contributed by atoms with Gasteiger partial charge < -0.3 is 14.6 Å². The number of aromatic hydroxyl groups is 1. The maximum atomic E-state index is 9.81. The van der Waals surface area contributed by atoms with Crippen molar-refractivity contribution >= 4 is 0 Å². The molecule has 1 saturated heterocycles. The van der Waals surface area contributed by atoms with Crippen molar-refractivity contribution in [3.8, 4) is 11.5 Å². The second kappa shape index (κ2) is 9.18. The van der Waals surface area contributed by atoms with Gasteiger partial charge in [0.1, 0.15) is 17.1 Å². The van der Waals surface area contributed by atoms with Crippen LogP contribution in [0.3, 0.4) is 0 Å². The highest BCUT2D eigenvalue weighted by atomic mass is 16.6. The number of phenolic OH excluding ortho intramolecular Hbond substituents is 1. The molecule has 0 bridgehead atoms. The van der Waals surface area contributed by atoms with Crippen LogP contribution in [-0.4, -0.2) is 22.4 Å². The molecular weight excluding hydrogens is 372 g/mol. The second-order valence-electron chi connectivity index (χ2n) is 10.2. The molecule has 2 heterocycles. The summed E-state index contributed by atoms with van der Waals surface area (Å²) in [7, 11) is 0. The molecular formula is C27H40O3. The number of ether oxygens (including phenoxy) is 2. The second-order valence-corrected chi connectivity index (χ2v) is 10.2. The average Bonchev–Trinajstić information content (AvgIpc) is 3.27. The number of benzene rings is 1. The third kappa shape index (κ3) is 6.14. The van der Waals surface area contributed by atoms with Crippen molar-refractivity contribution in [1.29, 1.82) is 0 Å². The summed E-state index contributed by atoms with van der Waals surface area (Å²) in [5, 5.41) is 9.81. The Labute approximate surface area is 183 Å². The summed E-state index contributed by atoms with van der Waals surface area (Å²) in [6, 6.07) is 3.64. The maximum absolute atomic E-state index is 9.81. The molecule has 0 radical (unpaired) electrons. The molecule has 1 N–H and O–H groups in total. The minimum absolute atomic E-state index is 0.112. The van der Waals surface area contributed by atoms with Crippen LogP contribution in [0.4, 0.5) is 0 Å². The van der Waals surface area contributed by atoms with Crippen molar-refractivity contribution in [1.82, 2.24) is 0 Å². The Morgan fingerprint density at radius 3 is 2.47 bits per heavy atom. The Morgan fingerprint density at radius 2 is 1.77 bits per heavy atom. The molecule has 0 aliphatic carbocycles. The van der Waals surface area contributed by atoms with Crippen LogP contribution in [0.15, 0.2) is 35.4 Å². The Morgan fingerprint density at radius 1 is 1.10 bits per heavy atom. The lowest BCUT2D eigenvalue weighted by Gasteiger charge is -2.36. The zero-order chi connectivity index (χ0) is 21.9. The summed E-state index contributed by atoms with van der Waals surface area (Å²) in [6.45, 7) is 13.1. The number of epoxide rings is 1. The fourth-order valence-corrected chi connectivity index (χ4v) is 4.50. The van der Waals surface area contributed by atoms with Gasteiger partial charge in [-0.2, -0.15) is 0 Å². The van der Waals surface area contributed by atoms with Gasteiger partial charge in [-0.1, -0.05) is 23.3 Å². The summed E-state index contributed by atoms with van der Waals surface area (Å²) in [4.78, 5) is 0. The van der Waals surface area contributed by atoms with Gasteiger partial charge in [-0.25, -0.2) is 0 Å². The van der Waals surface area contributed by atoms with Gasteiger partial charge in [0.15, 0.2) is 0 Å². The van der Waals surface area contributed by atoms with E-state index in [4.69, 9.17) is 9.47 Å². The molecule has 2 aliphatic rings. The van der Waals surface area contributed by atoms with Crippen LogP contribution >= 0.6 is 0 Å². The zero-order valence-electron chi connectivity index (χ0n) is 19.8. The molecule has 1 unspecified atom stereocenters. The molecule has 2 aliphatic heterocycles. The molecule has 1 aromatic rings. The van der Waals surface area contributed by atoms with Crippen molar-refractivity contribution in [3.05, 3.63) is 46.6 Å². The van der Waals surface area contributed by atoms with Gasteiger partial charge in [0.05, 0.1) is 11.7 Å².